The number of rotatable bonds is 6. The van der Waals surface area contributed by atoms with E-state index in [1.54, 1.807) is 11.3 Å². The van der Waals surface area contributed by atoms with Gasteiger partial charge in [-0.25, -0.2) is 0 Å². The summed E-state index contributed by atoms with van der Waals surface area (Å²) in [5.74, 6) is 0. The molecular weight excluding hydrogens is 332 g/mol. The van der Waals surface area contributed by atoms with Crippen LogP contribution < -0.4 is 21.5 Å². The van der Waals surface area contributed by atoms with Gasteiger partial charge in [0.25, 0.3) is 10.9 Å². The van der Waals surface area contributed by atoms with Crippen LogP contribution in [0.4, 0.5) is 17.1 Å². The predicted octanol–water partition coefficient (Wildman–Crippen LogP) is 4.58. The SMILES string of the molecule is CCC(Nc1c(Nc2cccc(C)c2C)c(=O)c1=O)c1ccc(C)s1. The third-order valence-corrected chi connectivity index (χ3v) is 5.72. The second kappa shape index (κ2) is 6.84. The molecular formula is C20H22N2O2S. The lowest BCUT2D eigenvalue weighted by molar-refractivity contribution is 0.761. The smallest absolute Gasteiger partial charge is 0.253 e. The summed E-state index contributed by atoms with van der Waals surface area (Å²) in [5, 5.41) is 6.43. The van der Waals surface area contributed by atoms with Crippen LogP contribution in [0.15, 0.2) is 39.9 Å². The lowest BCUT2D eigenvalue weighted by Crippen LogP contribution is -2.37. The first-order chi connectivity index (χ1) is 11.9. The Kier molecular flexibility index (Phi) is 4.77. The quantitative estimate of drug-likeness (QED) is 0.636. The number of anilines is 3. The molecule has 0 aliphatic rings. The number of nitrogens with one attached hydrogen (secondary N) is 2. The van der Waals surface area contributed by atoms with Crippen molar-refractivity contribution in [1.29, 1.82) is 0 Å². The van der Waals surface area contributed by atoms with Gasteiger partial charge in [-0.05, 0) is 56.5 Å². The first-order valence-electron chi connectivity index (χ1n) is 8.41. The first-order valence-corrected chi connectivity index (χ1v) is 9.23. The van der Waals surface area contributed by atoms with Crippen LogP contribution in [0.5, 0.6) is 0 Å². The number of hydrogen-bond acceptors (Lipinski definition) is 5. The Morgan fingerprint density at radius 2 is 1.72 bits per heavy atom. The Morgan fingerprint density at radius 3 is 2.36 bits per heavy atom. The number of benzene rings is 1. The van der Waals surface area contributed by atoms with Gasteiger partial charge in [0.05, 0.1) is 6.04 Å². The highest BCUT2D eigenvalue weighted by atomic mass is 32.1. The highest BCUT2D eigenvalue weighted by Crippen LogP contribution is 2.31. The van der Waals surface area contributed by atoms with E-state index in [-0.39, 0.29) is 6.04 Å². The lowest BCUT2D eigenvalue weighted by Gasteiger charge is -2.21. The van der Waals surface area contributed by atoms with Gasteiger partial charge in [0.15, 0.2) is 0 Å². The van der Waals surface area contributed by atoms with Crippen LogP contribution in [0.1, 0.15) is 40.3 Å². The van der Waals surface area contributed by atoms with Gasteiger partial charge in [-0.15, -0.1) is 11.3 Å². The van der Waals surface area contributed by atoms with E-state index >= 15 is 0 Å². The van der Waals surface area contributed by atoms with Gasteiger partial charge >= 0.3 is 0 Å². The highest BCUT2D eigenvalue weighted by molar-refractivity contribution is 7.12. The zero-order valence-electron chi connectivity index (χ0n) is 14.9. The molecule has 0 spiro atoms. The molecule has 1 aromatic heterocycles. The molecule has 0 radical (unpaired) electrons. The molecule has 1 unspecified atom stereocenters. The molecule has 0 saturated heterocycles. The van der Waals surface area contributed by atoms with Gasteiger partial charge in [-0.1, -0.05) is 19.1 Å². The van der Waals surface area contributed by atoms with Crippen molar-refractivity contribution in [3.63, 3.8) is 0 Å². The van der Waals surface area contributed by atoms with Crippen molar-refractivity contribution in [2.45, 2.75) is 40.2 Å². The van der Waals surface area contributed by atoms with Gasteiger partial charge < -0.3 is 10.6 Å². The fourth-order valence-electron chi connectivity index (χ4n) is 2.86. The molecule has 130 valence electrons. The summed E-state index contributed by atoms with van der Waals surface area (Å²) in [6.07, 6.45) is 0.835. The molecule has 4 nitrogen and oxygen atoms in total. The average molecular weight is 354 g/mol. The Bertz CT molecular complexity index is 980. The van der Waals surface area contributed by atoms with Crippen molar-refractivity contribution in [2.75, 3.05) is 10.6 Å². The van der Waals surface area contributed by atoms with Crippen LogP contribution >= 0.6 is 11.3 Å². The molecule has 3 aromatic rings. The summed E-state index contributed by atoms with van der Waals surface area (Å²) in [5.41, 5.74) is 2.92. The van der Waals surface area contributed by atoms with E-state index in [0.29, 0.717) is 11.4 Å². The number of hydrogen-bond donors (Lipinski definition) is 2. The van der Waals surface area contributed by atoms with Crippen LogP contribution in [-0.4, -0.2) is 0 Å². The maximum Gasteiger partial charge on any atom is 0.253 e. The van der Waals surface area contributed by atoms with Crippen LogP contribution in [0.25, 0.3) is 0 Å². The minimum Gasteiger partial charge on any atom is -0.372 e. The molecule has 1 heterocycles. The van der Waals surface area contributed by atoms with Crippen LogP contribution in [-0.2, 0) is 0 Å². The van der Waals surface area contributed by atoms with Gasteiger partial charge in [0.1, 0.15) is 11.4 Å². The maximum atomic E-state index is 12.1. The fraction of sp³-hybridized carbons (Fsp3) is 0.300. The minimum absolute atomic E-state index is 0.0288. The predicted molar refractivity (Wildman–Crippen MR) is 106 cm³/mol. The summed E-state index contributed by atoms with van der Waals surface area (Å²) in [6.45, 7) is 8.15. The third-order valence-electron chi connectivity index (χ3n) is 4.61. The zero-order valence-corrected chi connectivity index (χ0v) is 15.7. The van der Waals surface area contributed by atoms with Crippen molar-refractivity contribution in [2.24, 2.45) is 0 Å². The molecule has 2 N–H and O–H groups in total. The zero-order chi connectivity index (χ0) is 18.1. The van der Waals surface area contributed by atoms with E-state index in [0.717, 1.165) is 23.2 Å². The molecule has 0 fully saturated rings. The molecule has 0 amide bonds. The van der Waals surface area contributed by atoms with Crippen molar-refractivity contribution in [3.8, 4) is 0 Å². The van der Waals surface area contributed by atoms with Crippen molar-refractivity contribution in [1.82, 2.24) is 0 Å². The lowest BCUT2D eigenvalue weighted by atomic mass is 10.1. The Labute approximate surface area is 151 Å². The van der Waals surface area contributed by atoms with Gasteiger partial charge in [0.2, 0.25) is 0 Å². The van der Waals surface area contributed by atoms with Crippen LogP contribution in [0.2, 0.25) is 0 Å². The molecule has 25 heavy (non-hydrogen) atoms. The Morgan fingerprint density at radius 1 is 1.00 bits per heavy atom. The normalized spacial score (nSPS) is 12.3. The number of aryl methyl sites for hydroxylation is 2. The van der Waals surface area contributed by atoms with Crippen molar-refractivity contribution < 1.29 is 0 Å². The maximum absolute atomic E-state index is 12.1. The molecule has 2 aromatic carbocycles. The van der Waals surface area contributed by atoms with Gasteiger partial charge in [0, 0.05) is 15.4 Å². The highest BCUT2D eigenvalue weighted by Gasteiger charge is 2.24. The van der Waals surface area contributed by atoms with E-state index in [9.17, 15) is 9.59 Å². The standard InChI is InChI=1S/C20H22N2O2S/c1-5-14(16-10-9-12(3)25-16)21-17-18(20(24)19(17)23)22-15-8-6-7-11(2)13(15)4/h6-10,14,21-22H,5H2,1-4H3. The third kappa shape index (κ3) is 3.24. The molecule has 1 atom stereocenters. The average Bonchev–Trinajstić information content (AvgIpc) is 3.03. The fourth-order valence-corrected chi connectivity index (χ4v) is 3.87. The Balaban J connectivity index is 1.89. The molecule has 0 saturated carbocycles. The van der Waals surface area contributed by atoms with E-state index in [1.807, 2.05) is 32.0 Å². The van der Waals surface area contributed by atoms with Gasteiger partial charge in [-0.2, -0.15) is 0 Å². The van der Waals surface area contributed by atoms with Gasteiger partial charge in [-0.3, -0.25) is 9.59 Å². The summed E-state index contributed by atoms with van der Waals surface area (Å²) >= 11 is 1.71. The molecule has 5 heteroatoms. The second-order valence-electron chi connectivity index (χ2n) is 6.33. The molecule has 0 aliphatic heterocycles. The van der Waals surface area contributed by atoms with Crippen molar-refractivity contribution in [3.05, 3.63) is 71.7 Å². The second-order valence-corrected chi connectivity index (χ2v) is 7.65. The van der Waals surface area contributed by atoms with Crippen LogP contribution in [0, 0.1) is 20.8 Å². The molecule has 0 aliphatic carbocycles. The largest absolute Gasteiger partial charge is 0.372 e. The summed E-state index contributed by atoms with van der Waals surface area (Å²) in [4.78, 5) is 26.6. The summed E-state index contributed by atoms with van der Waals surface area (Å²) in [7, 11) is 0. The monoisotopic (exact) mass is 354 g/mol. The minimum atomic E-state index is -0.458. The van der Waals surface area contributed by atoms with E-state index in [2.05, 4.69) is 36.6 Å². The first kappa shape index (κ1) is 17.4. The van der Waals surface area contributed by atoms with E-state index in [1.165, 1.54) is 9.75 Å². The van der Waals surface area contributed by atoms with E-state index < -0.39 is 10.9 Å². The Hall–Kier alpha value is -2.40. The van der Waals surface area contributed by atoms with Crippen LogP contribution in [0.3, 0.4) is 0 Å². The molecule has 0 bridgehead atoms. The summed E-state index contributed by atoms with van der Waals surface area (Å²) in [6, 6.07) is 10.1. The van der Waals surface area contributed by atoms with Crippen molar-refractivity contribution >= 4 is 28.4 Å². The molecule has 3 rings (SSSR count). The number of thiophene rings is 1. The summed E-state index contributed by atoms with van der Waals surface area (Å²) < 4.78 is 0. The van der Waals surface area contributed by atoms with E-state index in [4.69, 9.17) is 0 Å². The topological polar surface area (TPSA) is 58.2 Å².